The van der Waals surface area contributed by atoms with Gasteiger partial charge in [0, 0.05) is 32.1 Å². The number of carbonyl (C=O) groups is 2. The summed E-state index contributed by atoms with van der Waals surface area (Å²) in [6, 6.07) is 19.4. The van der Waals surface area contributed by atoms with Crippen LogP contribution in [0.4, 0.5) is 25.0 Å². The summed E-state index contributed by atoms with van der Waals surface area (Å²) < 4.78 is 54.7. The number of amides is 2. The molecule has 0 spiro atoms. The fraction of sp³-hybridized carbons (Fsp3) is 0.286. The predicted octanol–water partition coefficient (Wildman–Crippen LogP) is 5.27. The number of halogens is 2. The summed E-state index contributed by atoms with van der Waals surface area (Å²) in [5.74, 6) is -1.46. The number of nitrogens with one attached hydrogen (secondary N) is 1. The number of benzene rings is 3. The molecule has 0 aliphatic carbocycles. The van der Waals surface area contributed by atoms with Crippen molar-refractivity contribution in [3.63, 3.8) is 0 Å². The van der Waals surface area contributed by atoms with Gasteiger partial charge in [-0.3, -0.25) is 14.3 Å². The van der Waals surface area contributed by atoms with Gasteiger partial charge in [0.2, 0.25) is 5.91 Å². The molecule has 0 aromatic heterocycles. The SMILES string of the molecule is CC(=O)NC[C@H]1CN(c2cc(F)c(N3CCP(=O)(Oc4ccc(-c5ccccc5)cc4)CC3)c(F)c2)C(=O)O1. The summed E-state index contributed by atoms with van der Waals surface area (Å²) in [5.41, 5.74) is 1.86. The zero-order valence-electron chi connectivity index (χ0n) is 21.3. The highest BCUT2D eigenvalue weighted by Crippen LogP contribution is 2.49. The Morgan fingerprint density at radius 2 is 1.64 bits per heavy atom. The molecule has 39 heavy (non-hydrogen) atoms. The highest BCUT2D eigenvalue weighted by atomic mass is 31.2. The van der Waals surface area contributed by atoms with Crippen LogP contribution in [0.25, 0.3) is 11.1 Å². The van der Waals surface area contributed by atoms with Gasteiger partial charge in [-0.2, -0.15) is 0 Å². The Morgan fingerprint density at radius 3 is 2.26 bits per heavy atom. The molecular formula is C28H28F2N3O5P. The summed E-state index contributed by atoms with van der Waals surface area (Å²) in [6.07, 6.45) is -1.10. The smallest absolute Gasteiger partial charge is 0.414 e. The number of hydrogen-bond acceptors (Lipinski definition) is 6. The number of ether oxygens (including phenoxy) is 1. The van der Waals surface area contributed by atoms with Gasteiger partial charge < -0.3 is 19.5 Å². The highest BCUT2D eigenvalue weighted by Gasteiger charge is 2.36. The minimum absolute atomic E-state index is 0.0223. The monoisotopic (exact) mass is 555 g/mol. The van der Waals surface area contributed by atoms with Crippen LogP contribution in [0.15, 0.2) is 66.7 Å². The van der Waals surface area contributed by atoms with E-state index < -0.39 is 31.2 Å². The molecule has 1 atom stereocenters. The Balaban J connectivity index is 1.22. The third-order valence-electron chi connectivity index (χ3n) is 6.74. The van der Waals surface area contributed by atoms with Crippen molar-refractivity contribution in [1.82, 2.24) is 5.32 Å². The maximum absolute atomic E-state index is 15.1. The summed E-state index contributed by atoms with van der Waals surface area (Å²) in [7, 11) is -3.05. The topological polar surface area (TPSA) is 88.2 Å². The number of cyclic esters (lactones) is 1. The van der Waals surface area contributed by atoms with Gasteiger partial charge in [-0.15, -0.1) is 0 Å². The lowest BCUT2D eigenvalue weighted by molar-refractivity contribution is -0.119. The van der Waals surface area contributed by atoms with E-state index in [0.29, 0.717) is 5.75 Å². The first-order chi connectivity index (χ1) is 18.7. The average Bonchev–Trinajstić information content (AvgIpc) is 3.29. The molecule has 0 radical (unpaired) electrons. The number of hydrogen-bond donors (Lipinski definition) is 1. The zero-order valence-corrected chi connectivity index (χ0v) is 22.2. The van der Waals surface area contributed by atoms with Crippen LogP contribution in [0.2, 0.25) is 0 Å². The van der Waals surface area contributed by atoms with Crippen LogP contribution in [-0.2, 0) is 14.1 Å². The standard InChI is InChI=1S/C28H28F2N3O5P/c1-19(34)31-17-24-18-33(28(35)37-24)22-15-25(29)27(26(30)16-22)32-11-13-39(36,14-12-32)38-23-9-7-21(8-10-23)20-5-3-2-4-6-20/h2-10,15-16,24H,11-14,17-18H2,1H3,(H,31,34)/t24-/m0/s1. The van der Waals surface area contributed by atoms with Crippen LogP contribution in [-0.4, -0.2) is 56.6 Å². The molecule has 3 aromatic rings. The highest BCUT2D eigenvalue weighted by molar-refractivity contribution is 7.59. The maximum Gasteiger partial charge on any atom is 0.414 e. The number of anilines is 2. The molecule has 0 unspecified atom stereocenters. The first-order valence-electron chi connectivity index (χ1n) is 12.6. The van der Waals surface area contributed by atoms with Gasteiger partial charge in [0.05, 0.1) is 31.1 Å². The Labute approximate surface area is 225 Å². The van der Waals surface area contributed by atoms with Crippen LogP contribution in [0.1, 0.15) is 6.92 Å². The molecule has 2 fully saturated rings. The lowest BCUT2D eigenvalue weighted by atomic mass is 10.1. The van der Waals surface area contributed by atoms with Gasteiger partial charge in [-0.05, 0) is 23.3 Å². The summed E-state index contributed by atoms with van der Waals surface area (Å²) in [6.45, 7) is 1.79. The van der Waals surface area contributed by atoms with E-state index >= 15 is 8.78 Å². The van der Waals surface area contributed by atoms with Gasteiger partial charge in [0.1, 0.15) is 17.5 Å². The minimum Gasteiger partial charge on any atom is -0.443 e. The van der Waals surface area contributed by atoms with E-state index in [4.69, 9.17) is 9.26 Å². The van der Waals surface area contributed by atoms with Crippen LogP contribution in [0, 0.1) is 11.6 Å². The fourth-order valence-corrected chi connectivity index (χ4v) is 6.73. The van der Waals surface area contributed by atoms with E-state index in [9.17, 15) is 14.2 Å². The summed E-state index contributed by atoms with van der Waals surface area (Å²) >= 11 is 0. The van der Waals surface area contributed by atoms with Gasteiger partial charge >= 0.3 is 6.09 Å². The quantitative estimate of drug-likeness (QED) is 0.400. The van der Waals surface area contributed by atoms with Crippen molar-refractivity contribution in [2.75, 3.05) is 48.3 Å². The average molecular weight is 556 g/mol. The van der Waals surface area contributed by atoms with E-state index in [-0.39, 0.29) is 55.8 Å². The maximum atomic E-state index is 15.1. The van der Waals surface area contributed by atoms with Crippen LogP contribution in [0.5, 0.6) is 5.75 Å². The molecule has 11 heteroatoms. The molecule has 204 valence electrons. The first kappa shape index (κ1) is 26.7. The molecule has 2 heterocycles. The first-order valence-corrected chi connectivity index (χ1v) is 14.6. The van der Waals surface area contributed by atoms with Gasteiger partial charge in [-0.1, -0.05) is 42.5 Å². The Kier molecular flexibility index (Phi) is 7.57. The second-order valence-corrected chi connectivity index (χ2v) is 12.2. The van der Waals surface area contributed by atoms with Gasteiger partial charge in [0.15, 0.2) is 11.6 Å². The molecular weight excluding hydrogens is 527 g/mol. The Hall–Kier alpha value is -3.91. The van der Waals surface area contributed by atoms with Gasteiger partial charge in [-0.25, -0.2) is 13.6 Å². The molecule has 2 saturated heterocycles. The predicted molar refractivity (Wildman–Crippen MR) is 145 cm³/mol. The molecule has 2 aliphatic heterocycles. The van der Waals surface area contributed by atoms with E-state index in [1.807, 2.05) is 42.5 Å². The van der Waals surface area contributed by atoms with Crippen molar-refractivity contribution in [2.45, 2.75) is 13.0 Å². The molecule has 0 saturated carbocycles. The third kappa shape index (κ3) is 6.06. The van der Waals surface area contributed by atoms with E-state index in [2.05, 4.69) is 5.32 Å². The van der Waals surface area contributed by atoms with Crippen LogP contribution < -0.4 is 19.6 Å². The minimum atomic E-state index is -3.05. The normalized spacial score (nSPS) is 18.5. The summed E-state index contributed by atoms with van der Waals surface area (Å²) in [5, 5.41) is 2.56. The lowest BCUT2D eigenvalue weighted by Gasteiger charge is -2.34. The summed E-state index contributed by atoms with van der Waals surface area (Å²) in [4.78, 5) is 26.0. The van der Waals surface area contributed by atoms with Crippen molar-refractivity contribution in [1.29, 1.82) is 0 Å². The molecule has 2 aliphatic rings. The van der Waals surface area contributed by atoms with E-state index in [0.717, 1.165) is 28.2 Å². The molecule has 5 rings (SSSR count). The molecule has 0 bridgehead atoms. The Bertz CT molecular complexity index is 1390. The fourth-order valence-electron chi connectivity index (χ4n) is 4.72. The number of rotatable bonds is 7. The largest absolute Gasteiger partial charge is 0.443 e. The van der Waals surface area contributed by atoms with E-state index in [1.165, 1.54) is 11.8 Å². The second kappa shape index (κ2) is 11.1. The van der Waals surface area contributed by atoms with Crippen LogP contribution >= 0.6 is 7.37 Å². The number of nitrogens with zero attached hydrogens (tertiary/aromatic N) is 2. The van der Waals surface area contributed by atoms with Gasteiger partial charge in [0.25, 0.3) is 7.37 Å². The number of carbonyl (C=O) groups excluding carboxylic acids is 2. The van der Waals surface area contributed by atoms with Crippen LogP contribution in [0.3, 0.4) is 0 Å². The molecule has 8 nitrogen and oxygen atoms in total. The van der Waals surface area contributed by atoms with Crippen molar-refractivity contribution >= 4 is 30.7 Å². The van der Waals surface area contributed by atoms with Crippen molar-refractivity contribution < 1.29 is 32.2 Å². The molecule has 1 N–H and O–H groups in total. The lowest BCUT2D eigenvalue weighted by Crippen LogP contribution is -2.37. The third-order valence-corrected chi connectivity index (χ3v) is 9.04. The molecule has 3 aromatic carbocycles. The van der Waals surface area contributed by atoms with E-state index in [1.54, 1.807) is 12.1 Å². The molecule has 2 amide bonds. The van der Waals surface area contributed by atoms with Crippen molar-refractivity contribution in [2.24, 2.45) is 0 Å². The zero-order chi connectivity index (χ0) is 27.6. The van der Waals surface area contributed by atoms with Crippen molar-refractivity contribution in [3.05, 3.63) is 78.4 Å². The Morgan fingerprint density at radius 1 is 1.03 bits per heavy atom. The second-order valence-electron chi connectivity index (χ2n) is 9.54. The van der Waals surface area contributed by atoms with Crippen molar-refractivity contribution in [3.8, 4) is 16.9 Å².